The maximum Gasteiger partial charge on any atom is 0.306 e. The fourth-order valence-electron chi connectivity index (χ4n) is 2.77. The van der Waals surface area contributed by atoms with Crippen molar-refractivity contribution in [3.63, 3.8) is 0 Å². The summed E-state index contributed by atoms with van der Waals surface area (Å²) in [7, 11) is 0. The number of hydrogen-bond acceptors (Lipinski definition) is 6. The summed E-state index contributed by atoms with van der Waals surface area (Å²) in [6.07, 6.45) is 3.80. The van der Waals surface area contributed by atoms with E-state index in [-0.39, 0.29) is 11.8 Å². The molecule has 2 aliphatic rings. The predicted molar refractivity (Wildman–Crippen MR) is 78.7 cm³/mol. The second-order valence-electron chi connectivity index (χ2n) is 5.47. The van der Waals surface area contributed by atoms with Crippen molar-refractivity contribution in [1.29, 1.82) is 0 Å². The van der Waals surface area contributed by atoms with Crippen molar-refractivity contribution in [1.82, 2.24) is 10.2 Å². The molecule has 21 heavy (non-hydrogen) atoms. The lowest BCUT2D eigenvalue weighted by Gasteiger charge is -2.29. The van der Waals surface area contributed by atoms with E-state index in [2.05, 4.69) is 15.1 Å². The van der Waals surface area contributed by atoms with Crippen molar-refractivity contribution in [3.05, 3.63) is 0 Å². The van der Waals surface area contributed by atoms with Crippen LogP contribution in [0.4, 0.5) is 10.3 Å². The summed E-state index contributed by atoms with van der Waals surface area (Å²) < 4.78 is 0. The Morgan fingerprint density at radius 3 is 2.52 bits per heavy atom. The van der Waals surface area contributed by atoms with Crippen LogP contribution >= 0.6 is 11.3 Å². The number of rotatable bonds is 3. The fourth-order valence-corrected chi connectivity index (χ4v) is 3.71. The molecular formula is C13H18N4O3S. The van der Waals surface area contributed by atoms with Gasteiger partial charge in [0.2, 0.25) is 16.2 Å². The van der Waals surface area contributed by atoms with E-state index >= 15 is 0 Å². The van der Waals surface area contributed by atoms with E-state index in [9.17, 15) is 9.59 Å². The van der Waals surface area contributed by atoms with Gasteiger partial charge in [0.05, 0.1) is 5.92 Å². The number of aliphatic carboxylic acids is 1. The van der Waals surface area contributed by atoms with E-state index in [0.717, 1.165) is 18.0 Å². The summed E-state index contributed by atoms with van der Waals surface area (Å²) in [5, 5.41) is 18.8. The zero-order valence-corrected chi connectivity index (χ0v) is 12.5. The van der Waals surface area contributed by atoms with E-state index < -0.39 is 5.97 Å². The Hall–Kier alpha value is -1.70. The standard InChI is InChI=1S/C13H18N4O3S/c18-10-3-1-2-6-17(10)13-15-14-12(21-13)16-7-4-9(5-8-16)11(19)20/h9H,1-8H2,(H,19,20). The van der Waals surface area contributed by atoms with Gasteiger partial charge >= 0.3 is 5.97 Å². The fraction of sp³-hybridized carbons (Fsp3) is 0.692. The third kappa shape index (κ3) is 2.99. The van der Waals surface area contributed by atoms with Gasteiger partial charge in [-0.25, -0.2) is 0 Å². The van der Waals surface area contributed by atoms with Gasteiger partial charge in [0, 0.05) is 26.1 Å². The molecule has 1 aromatic heterocycles. The summed E-state index contributed by atoms with van der Waals surface area (Å²) >= 11 is 1.42. The molecule has 3 heterocycles. The van der Waals surface area contributed by atoms with Crippen LogP contribution in [0.25, 0.3) is 0 Å². The smallest absolute Gasteiger partial charge is 0.306 e. The first-order chi connectivity index (χ1) is 10.1. The molecule has 1 aromatic rings. The highest BCUT2D eigenvalue weighted by atomic mass is 32.1. The molecule has 0 aromatic carbocycles. The van der Waals surface area contributed by atoms with Gasteiger partial charge in [-0.15, -0.1) is 10.2 Å². The maximum absolute atomic E-state index is 11.9. The normalized spacial score (nSPS) is 20.9. The van der Waals surface area contributed by atoms with E-state index in [0.29, 0.717) is 44.0 Å². The number of piperidine rings is 2. The molecule has 0 spiro atoms. The van der Waals surface area contributed by atoms with Gasteiger partial charge in [0.15, 0.2) is 0 Å². The zero-order valence-electron chi connectivity index (χ0n) is 11.7. The van der Waals surface area contributed by atoms with E-state index in [1.54, 1.807) is 4.90 Å². The Bertz CT molecular complexity index is 539. The van der Waals surface area contributed by atoms with Gasteiger partial charge < -0.3 is 10.0 Å². The van der Waals surface area contributed by atoms with Crippen molar-refractivity contribution in [2.75, 3.05) is 29.4 Å². The van der Waals surface area contributed by atoms with E-state index in [1.807, 2.05) is 0 Å². The molecule has 7 nitrogen and oxygen atoms in total. The number of nitrogens with zero attached hydrogens (tertiary/aromatic N) is 4. The predicted octanol–water partition coefficient (Wildman–Crippen LogP) is 1.36. The molecule has 0 aliphatic carbocycles. The second-order valence-corrected chi connectivity index (χ2v) is 6.40. The lowest BCUT2D eigenvalue weighted by Crippen LogP contribution is -2.36. The molecule has 2 saturated heterocycles. The lowest BCUT2D eigenvalue weighted by atomic mass is 9.98. The highest BCUT2D eigenvalue weighted by Crippen LogP contribution is 2.31. The summed E-state index contributed by atoms with van der Waals surface area (Å²) in [4.78, 5) is 26.6. The molecule has 0 unspecified atom stereocenters. The van der Waals surface area contributed by atoms with Crippen LogP contribution in [0.3, 0.4) is 0 Å². The Morgan fingerprint density at radius 1 is 1.14 bits per heavy atom. The zero-order chi connectivity index (χ0) is 14.8. The van der Waals surface area contributed by atoms with Gasteiger partial charge in [0.25, 0.3) is 0 Å². The minimum atomic E-state index is -0.716. The van der Waals surface area contributed by atoms with Crippen LogP contribution in [0, 0.1) is 5.92 Å². The minimum Gasteiger partial charge on any atom is -0.481 e. The van der Waals surface area contributed by atoms with Crippen LogP contribution in [0.1, 0.15) is 32.1 Å². The quantitative estimate of drug-likeness (QED) is 0.907. The summed E-state index contributed by atoms with van der Waals surface area (Å²) in [6, 6.07) is 0. The molecule has 0 atom stereocenters. The first-order valence-electron chi connectivity index (χ1n) is 7.27. The summed E-state index contributed by atoms with van der Waals surface area (Å²) in [5.74, 6) is -0.850. The Morgan fingerprint density at radius 2 is 1.86 bits per heavy atom. The molecule has 8 heteroatoms. The van der Waals surface area contributed by atoms with Gasteiger partial charge in [-0.1, -0.05) is 11.3 Å². The number of aromatic nitrogens is 2. The monoisotopic (exact) mass is 310 g/mol. The topological polar surface area (TPSA) is 86.6 Å². The van der Waals surface area contributed by atoms with Crippen molar-refractivity contribution in [2.24, 2.45) is 5.92 Å². The molecule has 2 fully saturated rings. The summed E-state index contributed by atoms with van der Waals surface area (Å²) in [6.45, 7) is 2.08. The van der Waals surface area contributed by atoms with Crippen molar-refractivity contribution >= 4 is 33.5 Å². The Labute approximate surface area is 126 Å². The van der Waals surface area contributed by atoms with E-state index in [1.165, 1.54) is 11.3 Å². The molecule has 0 bridgehead atoms. The van der Waals surface area contributed by atoms with Crippen molar-refractivity contribution < 1.29 is 14.7 Å². The first-order valence-corrected chi connectivity index (χ1v) is 8.08. The van der Waals surface area contributed by atoms with Crippen molar-refractivity contribution in [3.8, 4) is 0 Å². The van der Waals surface area contributed by atoms with Gasteiger partial charge in [-0.2, -0.15) is 0 Å². The Kier molecular flexibility index (Phi) is 4.05. The molecule has 1 N–H and O–H groups in total. The van der Waals surface area contributed by atoms with Gasteiger partial charge in [0.1, 0.15) is 0 Å². The molecule has 1 amide bonds. The highest BCUT2D eigenvalue weighted by molar-refractivity contribution is 7.19. The maximum atomic E-state index is 11.9. The van der Waals surface area contributed by atoms with Crippen LogP contribution in [-0.4, -0.2) is 46.8 Å². The third-order valence-electron chi connectivity index (χ3n) is 4.07. The number of carboxylic acid groups (broad SMARTS) is 1. The molecule has 0 radical (unpaired) electrons. The highest BCUT2D eigenvalue weighted by Gasteiger charge is 2.28. The molecule has 0 saturated carbocycles. The number of hydrogen-bond donors (Lipinski definition) is 1. The second kappa shape index (κ2) is 5.97. The largest absolute Gasteiger partial charge is 0.481 e. The van der Waals surface area contributed by atoms with Gasteiger partial charge in [-0.05, 0) is 25.7 Å². The number of anilines is 2. The summed E-state index contributed by atoms with van der Waals surface area (Å²) in [5.41, 5.74) is 0. The third-order valence-corrected chi connectivity index (χ3v) is 5.08. The van der Waals surface area contributed by atoms with Crippen molar-refractivity contribution in [2.45, 2.75) is 32.1 Å². The van der Waals surface area contributed by atoms with Crippen LogP contribution in [0.2, 0.25) is 0 Å². The molecule has 114 valence electrons. The Balaban J connectivity index is 1.65. The number of carboxylic acids is 1. The molecular weight excluding hydrogens is 292 g/mol. The molecule has 2 aliphatic heterocycles. The van der Waals surface area contributed by atoms with Crippen LogP contribution in [0.15, 0.2) is 0 Å². The SMILES string of the molecule is O=C(O)C1CCN(c2nnc(N3CCCCC3=O)s2)CC1. The lowest BCUT2D eigenvalue weighted by molar-refractivity contribution is -0.142. The molecule has 3 rings (SSSR count). The van der Waals surface area contributed by atoms with E-state index in [4.69, 9.17) is 5.11 Å². The first kappa shape index (κ1) is 14.2. The minimum absolute atomic E-state index is 0.119. The number of carbonyl (C=O) groups excluding carboxylic acids is 1. The average molecular weight is 310 g/mol. The van der Waals surface area contributed by atoms with Crippen LogP contribution in [-0.2, 0) is 9.59 Å². The van der Waals surface area contributed by atoms with Crippen LogP contribution in [0.5, 0.6) is 0 Å². The van der Waals surface area contributed by atoms with Crippen LogP contribution < -0.4 is 9.80 Å². The average Bonchev–Trinajstić information content (AvgIpc) is 2.97. The number of carbonyl (C=O) groups is 2. The van der Waals surface area contributed by atoms with Gasteiger partial charge in [-0.3, -0.25) is 14.5 Å². The number of amides is 1.